The van der Waals surface area contributed by atoms with E-state index in [2.05, 4.69) is 15.2 Å². The fourth-order valence-corrected chi connectivity index (χ4v) is 3.72. The van der Waals surface area contributed by atoms with Crippen LogP contribution in [0.2, 0.25) is 0 Å². The molecule has 1 aromatic rings. The van der Waals surface area contributed by atoms with E-state index in [4.69, 9.17) is 4.74 Å². The molecular weight excluding hydrogens is 314 g/mol. The van der Waals surface area contributed by atoms with Gasteiger partial charge in [0.25, 0.3) is 5.91 Å². The van der Waals surface area contributed by atoms with Crippen molar-refractivity contribution in [3.8, 4) is 5.75 Å². The number of nitrogens with one attached hydrogen (secondary N) is 1. The zero-order valence-corrected chi connectivity index (χ0v) is 13.8. The van der Waals surface area contributed by atoms with E-state index < -0.39 is 5.25 Å². The number of ether oxygens (including phenoxy) is 1. The number of aliphatic imine (C=N–C) groups is 1. The minimum atomic E-state index is -0.413. The Labute approximate surface area is 139 Å². The molecule has 6 nitrogen and oxygen atoms in total. The van der Waals surface area contributed by atoms with E-state index in [1.165, 1.54) is 11.8 Å². The zero-order valence-electron chi connectivity index (χ0n) is 12.9. The average molecular weight is 333 g/mol. The Morgan fingerprint density at radius 1 is 1.35 bits per heavy atom. The van der Waals surface area contributed by atoms with Crippen LogP contribution in [0.1, 0.15) is 19.3 Å². The maximum absolute atomic E-state index is 12.1. The van der Waals surface area contributed by atoms with Crippen molar-refractivity contribution >= 4 is 34.4 Å². The summed E-state index contributed by atoms with van der Waals surface area (Å²) in [6.45, 7) is 1.90. The van der Waals surface area contributed by atoms with Crippen LogP contribution in [-0.2, 0) is 9.59 Å². The molecular formula is C16H19N3O3S. The van der Waals surface area contributed by atoms with E-state index in [0.717, 1.165) is 36.8 Å². The molecule has 7 heteroatoms. The lowest BCUT2D eigenvalue weighted by atomic mass is 10.2. The van der Waals surface area contributed by atoms with Crippen LogP contribution in [0.4, 0.5) is 5.69 Å². The molecule has 0 bridgehead atoms. The topological polar surface area (TPSA) is 71.0 Å². The van der Waals surface area contributed by atoms with E-state index in [9.17, 15) is 9.59 Å². The minimum Gasteiger partial charge on any atom is -0.497 e. The van der Waals surface area contributed by atoms with Crippen LogP contribution in [0.5, 0.6) is 5.75 Å². The van der Waals surface area contributed by atoms with Crippen molar-refractivity contribution < 1.29 is 14.3 Å². The smallest absolute Gasteiger partial charge is 0.262 e. The highest BCUT2D eigenvalue weighted by Crippen LogP contribution is 2.29. The third-order valence-corrected chi connectivity index (χ3v) is 5.06. The Morgan fingerprint density at radius 3 is 2.70 bits per heavy atom. The zero-order chi connectivity index (χ0) is 16.2. The Morgan fingerprint density at radius 2 is 2.04 bits per heavy atom. The molecule has 1 saturated heterocycles. The summed E-state index contributed by atoms with van der Waals surface area (Å²) < 4.78 is 5.08. The van der Waals surface area contributed by atoms with Gasteiger partial charge in [-0.25, -0.2) is 0 Å². The van der Waals surface area contributed by atoms with Crippen molar-refractivity contribution in [3.63, 3.8) is 0 Å². The predicted molar refractivity (Wildman–Crippen MR) is 90.9 cm³/mol. The number of anilines is 1. The quantitative estimate of drug-likeness (QED) is 0.914. The molecule has 23 heavy (non-hydrogen) atoms. The fourth-order valence-electron chi connectivity index (χ4n) is 2.61. The molecule has 2 amide bonds. The number of nitrogens with zero attached hydrogens (tertiary/aromatic N) is 2. The largest absolute Gasteiger partial charge is 0.497 e. The normalized spacial score (nSPS) is 20.6. The number of amidine groups is 1. The number of benzene rings is 1. The summed E-state index contributed by atoms with van der Waals surface area (Å²) >= 11 is 1.41. The van der Waals surface area contributed by atoms with Crippen LogP contribution in [-0.4, -0.2) is 47.3 Å². The number of methoxy groups -OCH3 is 1. The van der Waals surface area contributed by atoms with Crippen LogP contribution in [0.15, 0.2) is 29.3 Å². The maximum Gasteiger partial charge on any atom is 0.262 e. The number of hydrogen-bond donors (Lipinski definition) is 1. The van der Waals surface area contributed by atoms with Gasteiger partial charge in [-0.05, 0) is 37.1 Å². The first-order chi connectivity index (χ1) is 11.2. The highest BCUT2D eigenvalue weighted by atomic mass is 32.2. The van der Waals surface area contributed by atoms with Crippen molar-refractivity contribution in [1.29, 1.82) is 0 Å². The lowest BCUT2D eigenvalue weighted by molar-refractivity contribution is -0.121. The third kappa shape index (κ3) is 3.85. The molecule has 0 aromatic heterocycles. The minimum absolute atomic E-state index is 0.135. The molecule has 0 radical (unpaired) electrons. The lowest BCUT2D eigenvalue weighted by Crippen LogP contribution is -2.25. The summed E-state index contributed by atoms with van der Waals surface area (Å²) in [5.41, 5.74) is 0.687. The van der Waals surface area contributed by atoms with Crippen molar-refractivity contribution in [2.24, 2.45) is 4.99 Å². The molecule has 122 valence electrons. The molecule has 3 rings (SSSR count). The van der Waals surface area contributed by atoms with Gasteiger partial charge in [-0.3, -0.25) is 9.59 Å². The second kappa shape index (κ2) is 7.04. The van der Waals surface area contributed by atoms with Gasteiger partial charge >= 0.3 is 0 Å². The van der Waals surface area contributed by atoms with Crippen molar-refractivity contribution in [2.75, 3.05) is 25.5 Å². The van der Waals surface area contributed by atoms with Gasteiger partial charge < -0.3 is 15.0 Å². The number of hydrogen-bond acceptors (Lipinski definition) is 5. The van der Waals surface area contributed by atoms with Crippen LogP contribution in [0, 0.1) is 0 Å². The lowest BCUT2D eigenvalue weighted by Gasteiger charge is -2.16. The standard InChI is InChI=1S/C16H19N3O3S/c1-22-12-6-4-11(5-7-12)17-14(20)10-13-15(21)18-16(23-13)19-8-2-3-9-19/h4-7,13H,2-3,8-10H2,1H3,(H,17,20)/t13-/m1/s1. The van der Waals surface area contributed by atoms with Gasteiger partial charge in [0.1, 0.15) is 11.0 Å². The molecule has 1 aromatic carbocycles. The van der Waals surface area contributed by atoms with Crippen LogP contribution < -0.4 is 10.1 Å². The fraction of sp³-hybridized carbons (Fsp3) is 0.438. The van der Waals surface area contributed by atoms with Gasteiger partial charge in [0.05, 0.1) is 7.11 Å². The molecule has 2 heterocycles. The molecule has 0 spiro atoms. The highest BCUT2D eigenvalue weighted by molar-refractivity contribution is 8.15. The Balaban J connectivity index is 1.53. The highest BCUT2D eigenvalue weighted by Gasteiger charge is 2.33. The van der Waals surface area contributed by atoms with Gasteiger partial charge in [0.15, 0.2) is 5.17 Å². The van der Waals surface area contributed by atoms with Gasteiger partial charge in [-0.15, -0.1) is 0 Å². The first-order valence-corrected chi connectivity index (χ1v) is 8.52. The molecule has 0 unspecified atom stereocenters. The molecule has 1 atom stereocenters. The SMILES string of the molecule is COc1ccc(NC(=O)C[C@H]2SC(N3CCCC3)=NC2=O)cc1. The summed E-state index contributed by atoms with van der Waals surface area (Å²) in [4.78, 5) is 30.3. The Hall–Kier alpha value is -2.02. The van der Waals surface area contributed by atoms with Crippen LogP contribution in [0.25, 0.3) is 0 Å². The first kappa shape index (κ1) is 15.9. The maximum atomic E-state index is 12.1. The number of rotatable bonds is 4. The summed E-state index contributed by atoms with van der Waals surface area (Å²) in [6.07, 6.45) is 2.41. The van der Waals surface area contributed by atoms with E-state index in [-0.39, 0.29) is 18.2 Å². The Bertz CT molecular complexity index is 624. The van der Waals surface area contributed by atoms with Crippen molar-refractivity contribution in [1.82, 2.24) is 4.90 Å². The van der Waals surface area contributed by atoms with E-state index >= 15 is 0 Å². The summed E-state index contributed by atoms with van der Waals surface area (Å²) in [5, 5.41) is 3.16. The Kier molecular flexibility index (Phi) is 4.85. The number of amides is 2. The second-order valence-electron chi connectivity index (χ2n) is 5.51. The molecule has 0 aliphatic carbocycles. The molecule has 2 aliphatic rings. The number of likely N-dealkylation sites (tertiary alicyclic amines) is 1. The van der Waals surface area contributed by atoms with Gasteiger partial charge in [-0.1, -0.05) is 11.8 Å². The summed E-state index contributed by atoms with van der Waals surface area (Å²) in [6, 6.07) is 7.10. The first-order valence-electron chi connectivity index (χ1n) is 7.64. The van der Waals surface area contributed by atoms with Gasteiger partial charge in [-0.2, -0.15) is 4.99 Å². The van der Waals surface area contributed by atoms with Gasteiger partial charge in [0, 0.05) is 25.2 Å². The predicted octanol–water partition coefficient (Wildman–Crippen LogP) is 2.12. The number of carbonyl (C=O) groups excluding carboxylic acids is 2. The average Bonchev–Trinajstić information content (AvgIpc) is 3.18. The molecule has 1 N–H and O–H groups in total. The van der Waals surface area contributed by atoms with E-state index in [1.54, 1.807) is 31.4 Å². The van der Waals surface area contributed by atoms with Gasteiger partial charge in [0.2, 0.25) is 5.91 Å². The molecule has 0 saturated carbocycles. The summed E-state index contributed by atoms with van der Waals surface area (Å²) in [5.74, 6) is 0.342. The van der Waals surface area contributed by atoms with Crippen molar-refractivity contribution in [3.05, 3.63) is 24.3 Å². The van der Waals surface area contributed by atoms with E-state index in [1.807, 2.05) is 0 Å². The monoisotopic (exact) mass is 333 g/mol. The molecule has 2 aliphatic heterocycles. The number of carbonyl (C=O) groups is 2. The van der Waals surface area contributed by atoms with Crippen molar-refractivity contribution in [2.45, 2.75) is 24.5 Å². The third-order valence-electron chi connectivity index (χ3n) is 3.85. The summed E-state index contributed by atoms with van der Waals surface area (Å²) in [7, 11) is 1.59. The molecule has 1 fully saturated rings. The van der Waals surface area contributed by atoms with Crippen LogP contribution >= 0.6 is 11.8 Å². The second-order valence-corrected chi connectivity index (χ2v) is 6.68. The van der Waals surface area contributed by atoms with Crippen LogP contribution in [0.3, 0.4) is 0 Å². The number of thioether (sulfide) groups is 1. The van der Waals surface area contributed by atoms with E-state index in [0.29, 0.717) is 5.69 Å².